The van der Waals surface area contributed by atoms with Crippen molar-refractivity contribution in [2.24, 2.45) is 0 Å². The Hall–Kier alpha value is -1.42. The van der Waals surface area contributed by atoms with Gasteiger partial charge >= 0.3 is 5.97 Å². The quantitative estimate of drug-likeness (QED) is 0.709. The molecule has 0 amide bonds. The highest BCUT2D eigenvalue weighted by Crippen LogP contribution is 2.21. The van der Waals surface area contributed by atoms with Crippen LogP contribution in [0.5, 0.6) is 0 Å². The molecule has 2 aromatic rings. The SMILES string of the molecule is CC(=O)OCc1nc2ccccc2s1. The van der Waals surface area contributed by atoms with Crippen LogP contribution in [0.15, 0.2) is 24.3 Å². The number of carbonyl (C=O) groups is 1. The molecule has 1 heterocycles. The first-order valence-corrected chi connectivity index (χ1v) is 5.05. The van der Waals surface area contributed by atoms with E-state index in [2.05, 4.69) is 4.98 Å². The highest BCUT2D eigenvalue weighted by molar-refractivity contribution is 7.18. The molecule has 0 saturated carbocycles. The predicted octanol–water partition coefficient (Wildman–Crippen LogP) is 2.36. The number of fused-ring (bicyclic) bond motifs is 1. The number of nitrogens with zero attached hydrogens (tertiary/aromatic N) is 1. The normalized spacial score (nSPS) is 10.4. The Morgan fingerprint density at radius 1 is 1.50 bits per heavy atom. The molecule has 14 heavy (non-hydrogen) atoms. The zero-order valence-electron chi connectivity index (χ0n) is 7.69. The standard InChI is InChI=1S/C10H9NO2S/c1-7(12)13-6-10-11-8-4-2-3-5-9(8)14-10/h2-5H,6H2,1H3. The molecule has 0 N–H and O–H groups in total. The van der Waals surface area contributed by atoms with Gasteiger partial charge in [0.05, 0.1) is 10.2 Å². The minimum Gasteiger partial charge on any atom is -0.458 e. The Morgan fingerprint density at radius 2 is 2.29 bits per heavy atom. The van der Waals surface area contributed by atoms with E-state index >= 15 is 0 Å². The maximum absolute atomic E-state index is 10.6. The summed E-state index contributed by atoms with van der Waals surface area (Å²) in [7, 11) is 0. The number of hydrogen-bond donors (Lipinski definition) is 0. The first-order valence-electron chi connectivity index (χ1n) is 4.23. The molecule has 0 atom stereocenters. The Balaban J connectivity index is 2.22. The molecule has 0 radical (unpaired) electrons. The number of hydrogen-bond acceptors (Lipinski definition) is 4. The van der Waals surface area contributed by atoms with Crippen molar-refractivity contribution < 1.29 is 9.53 Å². The predicted molar refractivity (Wildman–Crippen MR) is 55.1 cm³/mol. The van der Waals surface area contributed by atoms with E-state index in [0.717, 1.165) is 15.2 Å². The third-order valence-electron chi connectivity index (χ3n) is 1.74. The molecule has 0 unspecified atom stereocenters. The van der Waals surface area contributed by atoms with Gasteiger partial charge in [0.1, 0.15) is 11.6 Å². The van der Waals surface area contributed by atoms with E-state index in [9.17, 15) is 4.79 Å². The van der Waals surface area contributed by atoms with Crippen LogP contribution in [-0.4, -0.2) is 11.0 Å². The zero-order chi connectivity index (χ0) is 9.97. The van der Waals surface area contributed by atoms with Gasteiger partial charge in [-0.3, -0.25) is 4.79 Å². The molecule has 0 aliphatic carbocycles. The van der Waals surface area contributed by atoms with E-state index in [0.29, 0.717) is 0 Å². The van der Waals surface area contributed by atoms with Crippen LogP contribution in [0.2, 0.25) is 0 Å². The van der Waals surface area contributed by atoms with Gasteiger partial charge in [0.25, 0.3) is 0 Å². The molecule has 1 aromatic heterocycles. The molecular weight excluding hydrogens is 198 g/mol. The van der Waals surface area contributed by atoms with Crippen molar-refractivity contribution in [1.82, 2.24) is 4.98 Å². The topological polar surface area (TPSA) is 39.2 Å². The van der Waals surface area contributed by atoms with Gasteiger partial charge in [-0.15, -0.1) is 11.3 Å². The van der Waals surface area contributed by atoms with Crippen molar-refractivity contribution in [3.63, 3.8) is 0 Å². The lowest BCUT2D eigenvalue weighted by Crippen LogP contribution is -1.97. The molecule has 0 saturated heterocycles. The van der Waals surface area contributed by atoms with Crippen LogP contribution < -0.4 is 0 Å². The highest BCUT2D eigenvalue weighted by Gasteiger charge is 2.03. The van der Waals surface area contributed by atoms with Gasteiger partial charge in [-0.1, -0.05) is 12.1 Å². The van der Waals surface area contributed by atoms with Crippen LogP contribution in [0.1, 0.15) is 11.9 Å². The van der Waals surface area contributed by atoms with E-state index in [-0.39, 0.29) is 12.6 Å². The number of aromatic nitrogens is 1. The van der Waals surface area contributed by atoms with Crippen LogP contribution in [-0.2, 0) is 16.1 Å². The number of rotatable bonds is 2. The summed E-state index contributed by atoms with van der Waals surface area (Å²) in [5.41, 5.74) is 0.958. The fourth-order valence-corrected chi connectivity index (χ4v) is 2.03. The molecule has 2 rings (SSSR count). The van der Waals surface area contributed by atoms with E-state index in [1.807, 2.05) is 24.3 Å². The molecule has 0 aliphatic rings. The van der Waals surface area contributed by atoms with Crippen LogP contribution >= 0.6 is 11.3 Å². The van der Waals surface area contributed by atoms with Crippen molar-refractivity contribution in [2.45, 2.75) is 13.5 Å². The van der Waals surface area contributed by atoms with Crippen LogP contribution in [0.25, 0.3) is 10.2 Å². The van der Waals surface area contributed by atoms with E-state index in [1.54, 1.807) is 11.3 Å². The maximum Gasteiger partial charge on any atom is 0.303 e. The lowest BCUT2D eigenvalue weighted by atomic mass is 10.3. The Bertz CT molecular complexity index is 431. The van der Waals surface area contributed by atoms with Gasteiger partial charge in [0, 0.05) is 6.92 Å². The summed E-state index contributed by atoms with van der Waals surface area (Å²) >= 11 is 1.55. The van der Waals surface area contributed by atoms with E-state index in [4.69, 9.17) is 4.74 Å². The number of carbonyl (C=O) groups excluding carboxylic acids is 1. The molecule has 72 valence electrons. The number of esters is 1. The van der Waals surface area contributed by atoms with Crippen molar-refractivity contribution in [1.29, 1.82) is 0 Å². The lowest BCUT2D eigenvalue weighted by Gasteiger charge is -1.95. The lowest BCUT2D eigenvalue weighted by molar-refractivity contribution is -0.142. The summed E-state index contributed by atoms with van der Waals surface area (Å²) in [6, 6.07) is 7.86. The zero-order valence-corrected chi connectivity index (χ0v) is 8.50. The number of ether oxygens (including phenoxy) is 1. The molecule has 3 nitrogen and oxygen atoms in total. The van der Waals surface area contributed by atoms with Crippen molar-refractivity contribution in [2.75, 3.05) is 0 Å². The van der Waals surface area contributed by atoms with Gasteiger partial charge in [-0.05, 0) is 12.1 Å². The molecule has 4 heteroatoms. The van der Waals surface area contributed by atoms with Gasteiger partial charge in [0.15, 0.2) is 0 Å². The van der Waals surface area contributed by atoms with Gasteiger partial charge in [-0.2, -0.15) is 0 Å². The maximum atomic E-state index is 10.6. The van der Waals surface area contributed by atoms with E-state index < -0.39 is 0 Å². The Kier molecular flexibility index (Phi) is 2.45. The molecule has 1 aromatic carbocycles. The molecular formula is C10H9NO2S. The van der Waals surface area contributed by atoms with Crippen LogP contribution in [0, 0.1) is 0 Å². The monoisotopic (exact) mass is 207 g/mol. The molecule has 0 bridgehead atoms. The largest absolute Gasteiger partial charge is 0.458 e. The number of thiazole rings is 1. The second-order valence-corrected chi connectivity index (χ2v) is 3.97. The average molecular weight is 207 g/mol. The molecule has 0 aliphatic heterocycles. The number of para-hydroxylation sites is 1. The Labute approximate surface area is 85.3 Å². The van der Waals surface area contributed by atoms with Gasteiger partial charge in [-0.25, -0.2) is 4.98 Å². The third-order valence-corrected chi connectivity index (χ3v) is 2.75. The minimum absolute atomic E-state index is 0.272. The van der Waals surface area contributed by atoms with E-state index in [1.165, 1.54) is 6.92 Å². The van der Waals surface area contributed by atoms with Crippen molar-refractivity contribution >= 4 is 27.5 Å². The summed E-state index contributed by atoms with van der Waals surface area (Å²) in [4.78, 5) is 14.9. The number of benzene rings is 1. The van der Waals surface area contributed by atoms with Gasteiger partial charge < -0.3 is 4.74 Å². The second-order valence-electron chi connectivity index (χ2n) is 2.86. The van der Waals surface area contributed by atoms with Crippen LogP contribution in [0.4, 0.5) is 0 Å². The summed E-state index contributed by atoms with van der Waals surface area (Å²) < 4.78 is 5.99. The van der Waals surface area contributed by atoms with Crippen molar-refractivity contribution in [3.8, 4) is 0 Å². The first kappa shape index (κ1) is 9.15. The average Bonchev–Trinajstić information content (AvgIpc) is 2.57. The smallest absolute Gasteiger partial charge is 0.303 e. The summed E-state index contributed by atoms with van der Waals surface area (Å²) in [6.07, 6.45) is 0. The third kappa shape index (κ3) is 1.90. The molecule has 0 fully saturated rings. The first-order chi connectivity index (χ1) is 6.75. The Morgan fingerprint density at radius 3 is 3.00 bits per heavy atom. The van der Waals surface area contributed by atoms with Crippen molar-refractivity contribution in [3.05, 3.63) is 29.3 Å². The molecule has 0 spiro atoms. The fraction of sp³-hybridized carbons (Fsp3) is 0.200. The summed E-state index contributed by atoms with van der Waals surface area (Å²) in [5.74, 6) is -0.274. The highest BCUT2D eigenvalue weighted by atomic mass is 32.1. The summed E-state index contributed by atoms with van der Waals surface area (Å²) in [6.45, 7) is 1.67. The minimum atomic E-state index is -0.274. The fourth-order valence-electron chi connectivity index (χ4n) is 1.15. The van der Waals surface area contributed by atoms with Gasteiger partial charge in [0.2, 0.25) is 0 Å². The summed E-state index contributed by atoms with van der Waals surface area (Å²) in [5, 5.41) is 0.835. The second kappa shape index (κ2) is 3.75. The van der Waals surface area contributed by atoms with Crippen LogP contribution in [0.3, 0.4) is 0 Å².